The molecule has 11 heteroatoms. The maximum atomic E-state index is 4.44. The number of nitrogens with zero attached hydrogens (tertiary/aromatic N) is 6. The number of aryl methyl sites for hydroxylation is 5. The highest BCUT2D eigenvalue weighted by atomic mass is 32.1. The van der Waals surface area contributed by atoms with Crippen molar-refractivity contribution in [1.29, 1.82) is 0 Å². The lowest BCUT2D eigenvalue weighted by atomic mass is 10.1. The van der Waals surface area contributed by atoms with Crippen molar-refractivity contribution in [2.75, 3.05) is 0 Å². The third kappa shape index (κ3) is 9.47. The Morgan fingerprint density at radius 2 is 0.648 bits per heavy atom. The number of hydrogen-bond acceptors (Lipinski definition) is 11. The van der Waals surface area contributed by atoms with Crippen LogP contribution in [-0.4, -0.2) is 29.9 Å². The standard InChI is InChI=1S/4C12H9NS.C11H8N2S.CH4/c3*1-8-4-2-6-10-11(8)9-5-3-7-13-12(9)14-10;1-8-4-2-5-9-11(8)12-10(14-9)6-3-7-13-12;1-7-5-8-10(6-13-7)14-9-3-2-4-12-11(8)9;/h4*2-7H,1H3;2-6H,1H3;1H4. The molecule has 0 spiro atoms. The first-order valence-corrected chi connectivity index (χ1v) is 26.9. The van der Waals surface area contributed by atoms with Gasteiger partial charge in [-0.05, 0) is 148 Å². The molecule has 0 radical (unpaired) electrons. The zero-order valence-corrected chi connectivity index (χ0v) is 43.1. The summed E-state index contributed by atoms with van der Waals surface area (Å²) in [7, 11) is 0. The molecule has 0 unspecified atom stereocenters. The van der Waals surface area contributed by atoms with Crippen molar-refractivity contribution in [2.24, 2.45) is 0 Å². The average Bonchev–Trinajstić information content (AvgIpc) is 4.21. The molecule has 348 valence electrons. The van der Waals surface area contributed by atoms with Crippen molar-refractivity contribution >= 4 is 158 Å². The smallest absolute Gasteiger partial charge is 0.124 e. The van der Waals surface area contributed by atoms with Crippen molar-refractivity contribution in [3.63, 3.8) is 0 Å². The molecule has 0 atom stereocenters. The van der Waals surface area contributed by atoms with Gasteiger partial charge in [-0.3, -0.25) is 15.0 Å². The largest absolute Gasteiger partial charge is 0.260 e. The molecule has 0 saturated carbocycles. The Morgan fingerprint density at radius 1 is 0.296 bits per heavy atom. The average molecular weight is 1010 g/mol. The summed E-state index contributed by atoms with van der Waals surface area (Å²) in [5.41, 5.74) is 8.60. The normalized spacial score (nSPS) is 11.1. The van der Waals surface area contributed by atoms with Crippen LogP contribution in [0.3, 0.4) is 0 Å². The second-order valence-electron chi connectivity index (χ2n) is 16.9. The molecule has 11 aromatic heterocycles. The summed E-state index contributed by atoms with van der Waals surface area (Å²) in [6.07, 6.45) is 11.2. The van der Waals surface area contributed by atoms with Gasteiger partial charge in [0.2, 0.25) is 0 Å². The molecule has 0 aliphatic heterocycles. The molecule has 0 fully saturated rings. The lowest BCUT2D eigenvalue weighted by Gasteiger charge is -1.94. The van der Waals surface area contributed by atoms with Gasteiger partial charge < -0.3 is 0 Å². The van der Waals surface area contributed by atoms with Crippen molar-refractivity contribution < 1.29 is 0 Å². The Kier molecular flexibility index (Phi) is 13.9. The summed E-state index contributed by atoms with van der Waals surface area (Å²) in [6, 6.07) is 48.4. The van der Waals surface area contributed by atoms with E-state index >= 15 is 0 Å². The van der Waals surface area contributed by atoms with Gasteiger partial charge in [-0.15, -0.1) is 56.7 Å². The Bertz CT molecular complexity index is 3900. The Hall–Kier alpha value is -7.12. The van der Waals surface area contributed by atoms with Crippen LogP contribution in [0.15, 0.2) is 177 Å². The van der Waals surface area contributed by atoms with Gasteiger partial charge in [0.15, 0.2) is 0 Å². The summed E-state index contributed by atoms with van der Waals surface area (Å²) in [5.74, 6) is 0. The minimum atomic E-state index is 0. The first-order valence-electron chi connectivity index (χ1n) is 22.8. The fraction of sp³-hybridized carbons (Fsp3) is 0.100. The van der Waals surface area contributed by atoms with E-state index in [4.69, 9.17) is 0 Å². The summed E-state index contributed by atoms with van der Waals surface area (Å²) < 4.78 is 9.05. The maximum Gasteiger partial charge on any atom is 0.124 e. The zero-order valence-electron chi connectivity index (χ0n) is 39.0. The maximum absolute atomic E-state index is 4.44. The second-order valence-corrected chi connectivity index (χ2v) is 22.2. The van der Waals surface area contributed by atoms with E-state index in [1.165, 1.54) is 98.2 Å². The van der Waals surface area contributed by atoms with Crippen LogP contribution >= 0.6 is 56.7 Å². The summed E-state index contributed by atoms with van der Waals surface area (Å²) >= 11 is 8.85. The minimum Gasteiger partial charge on any atom is -0.260 e. The number of benzene rings is 4. The molecule has 6 nitrogen and oxygen atoms in total. The SMILES string of the molecule is C.Cc1cc2c(cn1)sc1cccnc12.Cc1cccc2sc3cccnc3c12.Cc1cccc2sc3ncccc3c12.Cc1cccc2sc3ncccc3c12.Cc1cccc2sc3ncccc3c12. The molecule has 0 bridgehead atoms. The lowest BCUT2D eigenvalue weighted by Crippen LogP contribution is -1.78. The van der Waals surface area contributed by atoms with Crippen LogP contribution in [-0.2, 0) is 0 Å². The quantitative estimate of drug-likeness (QED) is 0.151. The Morgan fingerprint density at radius 3 is 1.11 bits per heavy atom. The molecule has 0 aliphatic rings. The van der Waals surface area contributed by atoms with E-state index in [1.807, 2.05) is 85.8 Å². The van der Waals surface area contributed by atoms with E-state index in [9.17, 15) is 0 Å². The fourth-order valence-electron chi connectivity index (χ4n) is 8.93. The summed E-state index contributed by atoms with van der Waals surface area (Å²) in [5, 5.41) is 10.5. The van der Waals surface area contributed by atoms with E-state index in [0.29, 0.717) is 0 Å². The highest BCUT2D eigenvalue weighted by Gasteiger charge is 2.10. The van der Waals surface area contributed by atoms with Crippen LogP contribution in [0.5, 0.6) is 0 Å². The molecule has 15 aromatic rings. The van der Waals surface area contributed by atoms with E-state index in [1.54, 1.807) is 45.3 Å². The third-order valence-electron chi connectivity index (χ3n) is 12.2. The zero-order chi connectivity index (χ0) is 47.7. The van der Waals surface area contributed by atoms with Gasteiger partial charge in [-0.2, -0.15) is 0 Å². The van der Waals surface area contributed by atoms with Crippen molar-refractivity contribution in [2.45, 2.75) is 42.0 Å². The van der Waals surface area contributed by atoms with Crippen molar-refractivity contribution in [1.82, 2.24) is 29.9 Å². The van der Waals surface area contributed by atoms with Crippen molar-refractivity contribution in [3.05, 3.63) is 205 Å². The second kappa shape index (κ2) is 20.7. The fourth-order valence-corrected chi connectivity index (χ4v) is 14.4. The molecule has 4 aromatic carbocycles. The first-order chi connectivity index (χ1) is 34.3. The predicted molar refractivity (Wildman–Crippen MR) is 314 cm³/mol. The summed E-state index contributed by atoms with van der Waals surface area (Å²) in [4.78, 5) is 29.7. The molecule has 71 heavy (non-hydrogen) atoms. The lowest BCUT2D eigenvalue weighted by molar-refractivity contribution is 1.23. The number of rotatable bonds is 0. The number of aromatic nitrogens is 6. The molecule has 0 N–H and O–H groups in total. The van der Waals surface area contributed by atoms with Crippen LogP contribution in [0.25, 0.3) is 102 Å². The minimum absolute atomic E-state index is 0. The van der Waals surface area contributed by atoms with Gasteiger partial charge >= 0.3 is 0 Å². The topological polar surface area (TPSA) is 77.3 Å². The molecule has 11 heterocycles. The monoisotopic (exact) mass is 1010 g/mol. The highest BCUT2D eigenvalue weighted by molar-refractivity contribution is 7.27. The van der Waals surface area contributed by atoms with E-state index in [0.717, 1.165) is 31.2 Å². The van der Waals surface area contributed by atoms with Gasteiger partial charge in [0, 0.05) is 105 Å². The Balaban J connectivity index is 0.000000102. The highest BCUT2D eigenvalue weighted by Crippen LogP contribution is 2.37. The van der Waals surface area contributed by atoms with Gasteiger partial charge in [-0.25, -0.2) is 15.0 Å². The van der Waals surface area contributed by atoms with Gasteiger partial charge in [0.1, 0.15) is 14.5 Å². The number of hydrogen-bond donors (Lipinski definition) is 0. The van der Waals surface area contributed by atoms with Crippen LogP contribution in [0.1, 0.15) is 35.4 Å². The van der Waals surface area contributed by atoms with Gasteiger partial charge in [0.05, 0.1) is 25.1 Å². The van der Waals surface area contributed by atoms with Gasteiger partial charge in [0.25, 0.3) is 0 Å². The van der Waals surface area contributed by atoms with Crippen LogP contribution in [0, 0.1) is 34.6 Å². The summed E-state index contributed by atoms with van der Waals surface area (Å²) in [6.45, 7) is 10.6. The van der Waals surface area contributed by atoms with Crippen molar-refractivity contribution in [3.8, 4) is 0 Å². The molecule has 0 aliphatic carbocycles. The molecular weight excluding hydrogens is 965 g/mol. The third-order valence-corrected chi connectivity index (χ3v) is 17.6. The first kappa shape index (κ1) is 47.6. The van der Waals surface area contributed by atoms with E-state index < -0.39 is 0 Å². The van der Waals surface area contributed by atoms with E-state index in [-0.39, 0.29) is 7.43 Å². The predicted octanol–water partition coefficient (Wildman–Crippen LogP) is 18.8. The van der Waals surface area contributed by atoms with Crippen LogP contribution in [0.4, 0.5) is 0 Å². The van der Waals surface area contributed by atoms with Crippen LogP contribution in [0.2, 0.25) is 0 Å². The molecule has 0 saturated heterocycles. The van der Waals surface area contributed by atoms with Gasteiger partial charge in [-0.1, -0.05) is 56.0 Å². The van der Waals surface area contributed by atoms with E-state index in [2.05, 4.69) is 167 Å². The number of thiophene rings is 5. The van der Waals surface area contributed by atoms with Crippen LogP contribution < -0.4 is 0 Å². The number of pyridine rings is 6. The number of fused-ring (bicyclic) bond motifs is 15. The Labute approximate surface area is 431 Å². The molecule has 0 amide bonds. The molecular formula is C60H48N6S5. The molecule has 15 rings (SSSR count).